The van der Waals surface area contributed by atoms with Crippen LogP contribution in [-0.2, 0) is 33.1 Å². The first-order valence-electron chi connectivity index (χ1n) is 23.2. The minimum Gasteiger partial charge on any atom is 0 e. The summed E-state index contributed by atoms with van der Waals surface area (Å²) in [6, 6.07) is 50.7. The van der Waals surface area contributed by atoms with E-state index in [4.69, 9.17) is 24.4 Å². The minimum absolute atomic E-state index is 0. The second kappa shape index (κ2) is 19.2. The molecule has 1 aliphatic carbocycles. The zero-order valence-corrected chi connectivity index (χ0v) is 43.2. The van der Waals surface area contributed by atoms with E-state index in [1.807, 2.05) is 31.2 Å². The molecular formula is C58H55GeIrN5O-2. The molecule has 66 heavy (non-hydrogen) atoms. The molecule has 0 spiro atoms. The van der Waals surface area contributed by atoms with Crippen molar-refractivity contribution < 1.29 is 24.5 Å². The second-order valence-electron chi connectivity index (χ2n) is 18.9. The van der Waals surface area contributed by atoms with E-state index in [0.717, 1.165) is 83.8 Å². The molecule has 11 rings (SSSR count). The van der Waals surface area contributed by atoms with Crippen molar-refractivity contribution >= 4 is 61.7 Å². The molecule has 1 aliphatic rings. The summed E-state index contributed by atoms with van der Waals surface area (Å²) < 4.78 is 10.4. The molecule has 8 heteroatoms. The number of benzene rings is 5. The van der Waals surface area contributed by atoms with Crippen LogP contribution in [0.4, 0.5) is 0 Å². The number of imidazole rings is 1. The maximum atomic E-state index is 6.58. The predicted molar refractivity (Wildman–Crippen MR) is 271 cm³/mol. The van der Waals surface area contributed by atoms with Crippen LogP contribution in [0.25, 0.3) is 77.9 Å². The predicted octanol–water partition coefficient (Wildman–Crippen LogP) is 14.2. The Hall–Kier alpha value is -5.73. The van der Waals surface area contributed by atoms with Crippen molar-refractivity contribution in [1.29, 1.82) is 0 Å². The van der Waals surface area contributed by atoms with Crippen molar-refractivity contribution in [2.75, 3.05) is 0 Å². The zero-order chi connectivity index (χ0) is 44.7. The molecule has 0 N–H and O–H groups in total. The van der Waals surface area contributed by atoms with Crippen molar-refractivity contribution in [1.82, 2.24) is 24.5 Å². The Balaban J connectivity index is 0.000000194. The van der Waals surface area contributed by atoms with E-state index in [1.165, 1.54) is 55.2 Å². The summed E-state index contributed by atoms with van der Waals surface area (Å²) in [6.07, 6.45) is 10.5. The van der Waals surface area contributed by atoms with Crippen LogP contribution in [0.5, 0.6) is 0 Å². The van der Waals surface area contributed by atoms with Crippen LogP contribution in [0, 0.1) is 38.8 Å². The maximum absolute atomic E-state index is 6.58. The van der Waals surface area contributed by atoms with Crippen LogP contribution in [0.3, 0.4) is 0 Å². The Labute approximate surface area is 404 Å². The molecule has 0 amide bonds. The normalized spacial score (nSPS) is 13.2. The van der Waals surface area contributed by atoms with Gasteiger partial charge in [-0.05, 0) is 61.7 Å². The number of rotatable bonds is 8. The molecule has 0 saturated heterocycles. The topological polar surface area (TPSA) is 69.6 Å². The molecule has 5 heterocycles. The molecule has 1 fully saturated rings. The van der Waals surface area contributed by atoms with Crippen LogP contribution in [0.15, 0.2) is 138 Å². The molecule has 6 nitrogen and oxygen atoms in total. The van der Waals surface area contributed by atoms with Crippen LogP contribution in [-0.4, -0.2) is 37.8 Å². The quantitative estimate of drug-likeness (QED) is 0.112. The number of aryl methyl sites for hydroxylation is 3. The Morgan fingerprint density at radius 3 is 2.24 bits per heavy atom. The average Bonchev–Trinajstić information content (AvgIpc) is 3.88. The van der Waals surface area contributed by atoms with Crippen LogP contribution in [0.1, 0.15) is 60.1 Å². The first kappa shape index (κ1) is 45.4. The van der Waals surface area contributed by atoms with E-state index in [9.17, 15) is 0 Å². The van der Waals surface area contributed by atoms with E-state index < -0.39 is 13.3 Å². The number of fused-ring (bicyclic) bond motifs is 6. The van der Waals surface area contributed by atoms with Crippen molar-refractivity contribution in [3.05, 3.63) is 174 Å². The number of pyridine rings is 3. The monoisotopic (exact) mass is 1100 g/mol. The molecular weight excluding hydrogens is 1050 g/mol. The number of hydrogen-bond donors (Lipinski definition) is 0. The summed E-state index contributed by atoms with van der Waals surface area (Å²) in [5.41, 5.74) is 15.4. The van der Waals surface area contributed by atoms with Gasteiger partial charge in [-0.3, -0.25) is 9.97 Å². The summed E-state index contributed by atoms with van der Waals surface area (Å²) in [7, 11) is 0. The summed E-state index contributed by atoms with van der Waals surface area (Å²) in [5.74, 6) is 9.12. The molecule has 0 bridgehead atoms. The summed E-state index contributed by atoms with van der Waals surface area (Å²) in [6.45, 7) is 6.91. The molecule has 10 aromatic rings. The summed E-state index contributed by atoms with van der Waals surface area (Å²) in [4.78, 5) is 19.9. The van der Waals surface area contributed by atoms with Crippen LogP contribution < -0.4 is 4.40 Å². The average molecular weight is 1100 g/mol. The number of nitrogens with zero attached hydrogens (tertiary/aromatic N) is 5. The van der Waals surface area contributed by atoms with Crippen molar-refractivity contribution in [3.63, 3.8) is 0 Å². The molecule has 1 saturated carbocycles. The Morgan fingerprint density at radius 2 is 1.48 bits per heavy atom. The molecule has 0 aliphatic heterocycles. The largest absolute Gasteiger partial charge is 0 e. The molecule has 333 valence electrons. The molecule has 1 radical (unpaired) electrons. The first-order valence-corrected chi connectivity index (χ1v) is 30.5. The summed E-state index contributed by atoms with van der Waals surface area (Å²) >= 11 is -1.89. The third-order valence-electron chi connectivity index (χ3n) is 13.2. The third kappa shape index (κ3) is 9.18. The van der Waals surface area contributed by atoms with E-state index in [-0.39, 0.29) is 20.1 Å². The van der Waals surface area contributed by atoms with Crippen molar-refractivity contribution in [3.8, 4) is 33.9 Å². The van der Waals surface area contributed by atoms with Gasteiger partial charge in [0.15, 0.2) is 0 Å². The van der Waals surface area contributed by atoms with Crippen molar-refractivity contribution in [2.24, 2.45) is 5.92 Å². The van der Waals surface area contributed by atoms with Gasteiger partial charge in [0, 0.05) is 48.7 Å². The fraction of sp³-hybridized carbons (Fsp3) is 0.241. The molecule has 0 atom stereocenters. The van der Waals surface area contributed by atoms with Crippen LogP contribution in [0.2, 0.25) is 17.3 Å². The van der Waals surface area contributed by atoms with E-state index in [2.05, 4.69) is 157 Å². The summed E-state index contributed by atoms with van der Waals surface area (Å²) in [5, 5.41) is 3.06. The van der Waals surface area contributed by atoms with Gasteiger partial charge < -0.3 is 8.98 Å². The second-order valence-corrected chi connectivity index (χ2v) is 29.5. The number of aromatic nitrogens is 5. The van der Waals surface area contributed by atoms with Crippen LogP contribution >= 0.6 is 0 Å². The molecule has 0 unspecified atom stereocenters. The molecule has 5 aromatic carbocycles. The Bertz CT molecular complexity index is 3310. The zero-order valence-electron chi connectivity index (χ0n) is 38.7. The first-order chi connectivity index (χ1) is 31.6. The van der Waals surface area contributed by atoms with Gasteiger partial charge in [0.25, 0.3) is 0 Å². The van der Waals surface area contributed by atoms with Gasteiger partial charge >= 0.3 is 144 Å². The van der Waals surface area contributed by atoms with E-state index >= 15 is 0 Å². The van der Waals surface area contributed by atoms with Crippen molar-refractivity contribution in [2.45, 2.75) is 83.1 Å². The van der Waals surface area contributed by atoms with Gasteiger partial charge in [0.2, 0.25) is 5.71 Å². The van der Waals surface area contributed by atoms with E-state index in [1.54, 1.807) is 9.96 Å². The van der Waals surface area contributed by atoms with Gasteiger partial charge in [-0.2, -0.15) is 0 Å². The van der Waals surface area contributed by atoms with Gasteiger partial charge in [0.1, 0.15) is 0 Å². The van der Waals surface area contributed by atoms with Gasteiger partial charge in [-0.25, -0.2) is 4.98 Å². The smallest absolute Gasteiger partial charge is 0 e. The van der Waals surface area contributed by atoms with Gasteiger partial charge in [0.05, 0.1) is 33.7 Å². The Morgan fingerprint density at radius 1 is 0.712 bits per heavy atom. The SMILES string of the molecule is Cc1ccc2ccc3nc(-c4[c-]ccc5c4oc4nc(-c6c(C)cccc6C)ccc45)n(Cc4ccccc4)c3c2n1.[CH3][Ge]([CH3])([CH3])[c]1cnc(-c2[c-]cccc2)cc1CC1CCCCC1.[Ir]. The van der Waals surface area contributed by atoms with Gasteiger partial charge in [-0.15, -0.1) is 18.2 Å². The molecule has 5 aromatic heterocycles. The fourth-order valence-corrected chi connectivity index (χ4v) is 13.2. The van der Waals surface area contributed by atoms with Gasteiger partial charge in [-0.1, -0.05) is 71.6 Å². The van der Waals surface area contributed by atoms with E-state index in [0.29, 0.717) is 12.3 Å². The maximum Gasteiger partial charge on any atom is 0 e. The number of furan rings is 1. The minimum atomic E-state index is -1.89. The fourth-order valence-electron chi connectivity index (χ4n) is 9.90. The standard InChI is InChI=1S/C37H27N4O.C21H28GeN.Ir/c1-22-9-7-10-23(2)32(22)30-20-18-28-27-13-8-14-29(35(27)42-37(28)40-30)36-39-31-19-17-26-16-15-24(3)38-33(26)34(31)41(36)21-25-11-5-4-6-12-25;1-22(2,3)20-16-23-21(18-12-8-5-9-13-18)15-19(20)14-17-10-6-4-7-11-17;/h4-13,15-20H,21H2,1-3H3;5,8-9,12,15-17H,4,6-7,10-11,14H2,1-3H3;/q2*-1;. The number of hydrogen-bond acceptors (Lipinski definition) is 5. The Kier molecular flexibility index (Phi) is 13.2. The third-order valence-corrected chi connectivity index (χ3v) is 17.5.